The number of sulfonamides is 1. The van der Waals surface area contributed by atoms with E-state index in [-0.39, 0.29) is 5.03 Å². The van der Waals surface area contributed by atoms with Crippen molar-refractivity contribution in [3.8, 4) is 0 Å². The number of aryl methyl sites for hydroxylation is 1. The van der Waals surface area contributed by atoms with E-state index in [1.165, 1.54) is 16.9 Å². The largest absolute Gasteiger partial charge is 0.314 e. The van der Waals surface area contributed by atoms with Crippen LogP contribution in [-0.2, 0) is 17.1 Å². The van der Waals surface area contributed by atoms with Crippen LogP contribution < -0.4 is 10.0 Å². The Bertz CT molecular complexity index is 478. The van der Waals surface area contributed by atoms with Gasteiger partial charge in [-0.1, -0.05) is 0 Å². The number of piperazine rings is 1. The first-order chi connectivity index (χ1) is 8.59. The molecule has 7 nitrogen and oxygen atoms in total. The van der Waals surface area contributed by atoms with Crippen LogP contribution in [0.15, 0.2) is 17.3 Å². The first-order valence-electron chi connectivity index (χ1n) is 6.00. The molecule has 0 unspecified atom stereocenters. The molecular weight excluding hydrogens is 254 g/mol. The fourth-order valence-corrected chi connectivity index (χ4v) is 3.12. The zero-order valence-corrected chi connectivity index (χ0v) is 11.3. The van der Waals surface area contributed by atoms with E-state index in [9.17, 15) is 8.42 Å². The van der Waals surface area contributed by atoms with E-state index < -0.39 is 10.0 Å². The van der Waals surface area contributed by atoms with Crippen molar-refractivity contribution in [2.24, 2.45) is 7.05 Å². The summed E-state index contributed by atoms with van der Waals surface area (Å²) < 4.78 is 27.9. The molecule has 0 atom stereocenters. The van der Waals surface area contributed by atoms with Gasteiger partial charge in [0.15, 0.2) is 5.03 Å². The van der Waals surface area contributed by atoms with Crippen molar-refractivity contribution in [3.63, 3.8) is 0 Å². The number of rotatable bonds is 5. The summed E-state index contributed by atoms with van der Waals surface area (Å²) in [5, 5.41) is 7.32. The molecule has 2 heterocycles. The second kappa shape index (κ2) is 5.79. The average Bonchev–Trinajstić information content (AvgIpc) is 2.77. The minimum Gasteiger partial charge on any atom is -0.314 e. The number of hydrogen-bond donors (Lipinski definition) is 2. The van der Waals surface area contributed by atoms with Crippen LogP contribution in [0.5, 0.6) is 0 Å². The van der Waals surface area contributed by atoms with Crippen LogP contribution in [0.4, 0.5) is 0 Å². The molecule has 0 saturated carbocycles. The van der Waals surface area contributed by atoms with Gasteiger partial charge in [0.1, 0.15) is 0 Å². The molecule has 0 radical (unpaired) electrons. The van der Waals surface area contributed by atoms with Crippen LogP contribution in [0.1, 0.15) is 0 Å². The summed E-state index contributed by atoms with van der Waals surface area (Å²) in [5.74, 6) is 0. The smallest absolute Gasteiger partial charge is 0.257 e. The Hall–Kier alpha value is -0.960. The molecule has 1 aromatic heterocycles. The maximum atomic E-state index is 12.0. The fraction of sp³-hybridized carbons (Fsp3) is 0.700. The molecule has 8 heteroatoms. The Kier molecular flexibility index (Phi) is 4.33. The van der Waals surface area contributed by atoms with E-state index in [2.05, 4.69) is 20.0 Å². The zero-order chi connectivity index (χ0) is 13.0. The third kappa shape index (κ3) is 3.29. The molecule has 1 aromatic rings. The Morgan fingerprint density at radius 1 is 1.44 bits per heavy atom. The van der Waals surface area contributed by atoms with Crippen molar-refractivity contribution in [3.05, 3.63) is 12.3 Å². The lowest BCUT2D eigenvalue weighted by Crippen LogP contribution is -2.46. The summed E-state index contributed by atoms with van der Waals surface area (Å²) in [5.41, 5.74) is 0. The molecule has 0 amide bonds. The van der Waals surface area contributed by atoms with Crippen molar-refractivity contribution < 1.29 is 8.42 Å². The van der Waals surface area contributed by atoms with Crippen LogP contribution >= 0.6 is 0 Å². The Labute approximate surface area is 107 Å². The minimum atomic E-state index is -3.44. The van der Waals surface area contributed by atoms with E-state index in [1.807, 2.05) is 0 Å². The molecule has 18 heavy (non-hydrogen) atoms. The van der Waals surface area contributed by atoms with Gasteiger partial charge in [-0.2, -0.15) is 5.10 Å². The summed E-state index contributed by atoms with van der Waals surface area (Å²) in [6, 6.07) is 1.49. The highest BCUT2D eigenvalue weighted by atomic mass is 32.2. The standard InChI is InChI=1S/C10H19N5O2S/c1-14-10(2-3-12-14)18(16,17)13-6-9-15-7-4-11-5-8-15/h2-3,11,13H,4-9H2,1H3. The lowest BCUT2D eigenvalue weighted by Gasteiger charge is -2.27. The first kappa shape index (κ1) is 13.5. The molecule has 102 valence electrons. The summed E-state index contributed by atoms with van der Waals surface area (Å²) in [4.78, 5) is 2.24. The summed E-state index contributed by atoms with van der Waals surface area (Å²) in [6.45, 7) is 5.02. The molecule has 1 aliphatic rings. The normalized spacial score (nSPS) is 18.1. The van der Waals surface area contributed by atoms with E-state index in [1.54, 1.807) is 7.05 Å². The van der Waals surface area contributed by atoms with Gasteiger partial charge in [-0.3, -0.25) is 9.58 Å². The van der Waals surface area contributed by atoms with Crippen molar-refractivity contribution in [1.29, 1.82) is 0 Å². The van der Waals surface area contributed by atoms with Gasteiger partial charge in [-0.15, -0.1) is 0 Å². The first-order valence-corrected chi connectivity index (χ1v) is 7.49. The van der Waals surface area contributed by atoms with Crippen molar-refractivity contribution in [1.82, 2.24) is 24.7 Å². The highest BCUT2D eigenvalue weighted by molar-refractivity contribution is 7.89. The van der Waals surface area contributed by atoms with Gasteiger partial charge >= 0.3 is 0 Å². The Balaban J connectivity index is 1.84. The van der Waals surface area contributed by atoms with Crippen LogP contribution in [0, 0.1) is 0 Å². The van der Waals surface area contributed by atoms with Crippen molar-refractivity contribution in [2.75, 3.05) is 39.3 Å². The van der Waals surface area contributed by atoms with Gasteiger partial charge in [0.2, 0.25) is 0 Å². The Morgan fingerprint density at radius 3 is 2.78 bits per heavy atom. The maximum Gasteiger partial charge on any atom is 0.257 e. The van der Waals surface area contributed by atoms with Gasteiger partial charge in [-0.25, -0.2) is 13.1 Å². The predicted molar refractivity (Wildman–Crippen MR) is 67.7 cm³/mol. The summed E-state index contributed by atoms with van der Waals surface area (Å²) in [6.07, 6.45) is 1.48. The average molecular weight is 273 g/mol. The van der Waals surface area contributed by atoms with E-state index >= 15 is 0 Å². The molecular formula is C10H19N5O2S. The highest BCUT2D eigenvalue weighted by Crippen LogP contribution is 2.05. The van der Waals surface area contributed by atoms with Crippen molar-refractivity contribution in [2.45, 2.75) is 5.03 Å². The number of nitrogens with zero attached hydrogens (tertiary/aromatic N) is 3. The molecule has 1 saturated heterocycles. The number of hydrogen-bond acceptors (Lipinski definition) is 5. The summed E-state index contributed by atoms with van der Waals surface area (Å²) in [7, 11) is -1.82. The van der Waals surface area contributed by atoms with E-state index in [4.69, 9.17) is 0 Å². The van der Waals surface area contributed by atoms with Gasteiger partial charge < -0.3 is 5.32 Å². The second-order valence-corrected chi connectivity index (χ2v) is 6.00. The lowest BCUT2D eigenvalue weighted by atomic mass is 10.3. The van der Waals surface area contributed by atoms with Crippen LogP contribution in [0.25, 0.3) is 0 Å². The third-order valence-electron chi connectivity index (χ3n) is 2.98. The van der Waals surface area contributed by atoms with Gasteiger partial charge in [0, 0.05) is 46.3 Å². The molecule has 0 spiro atoms. The van der Waals surface area contributed by atoms with Crippen LogP contribution in [0.2, 0.25) is 0 Å². The highest BCUT2D eigenvalue weighted by Gasteiger charge is 2.18. The number of nitrogens with one attached hydrogen (secondary N) is 2. The fourth-order valence-electron chi connectivity index (χ4n) is 1.97. The number of aromatic nitrogens is 2. The lowest BCUT2D eigenvalue weighted by molar-refractivity contribution is 0.245. The van der Waals surface area contributed by atoms with E-state index in [0.717, 1.165) is 32.7 Å². The topological polar surface area (TPSA) is 79.3 Å². The molecule has 2 N–H and O–H groups in total. The van der Waals surface area contributed by atoms with E-state index in [0.29, 0.717) is 6.54 Å². The second-order valence-electron chi connectivity index (χ2n) is 4.28. The molecule has 0 aromatic carbocycles. The maximum absolute atomic E-state index is 12.0. The van der Waals surface area contributed by atoms with Gasteiger partial charge in [0.05, 0.1) is 6.20 Å². The summed E-state index contributed by atoms with van der Waals surface area (Å²) >= 11 is 0. The molecule has 0 aliphatic carbocycles. The SMILES string of the molecule is Cn1nccc1S(=O)(=O)NCCN1CCNCC1. The van der Waals surface area contributed by atoms with Gasteiger partial charge in [-0.05, 0) is 6.07 Å². The monoisotopic (exact) mass is 273 g/mol. The Morgan fingerprint density at radius 2 is 2.17 bits per heavy atom. The minimum absolute atomic E-state index is 0.197. The van der Waals surface area contributed by atoms with Crippen LogP contribution in [-0.4, -0.2) is 62.4 Å². The predicted octanol–water partition coefficient (Wildman–Crippen LogP) is -1.40. The van der Waals surface area contributed by atoms with Crippen molar-refractivity contribution >= 4 is 10.0 Å². The molecule has 1 fully saturated rings. The molecule has 1 aliphatic heterocycles. The van der Waals surface area contributed by atoms with Gasteiger partial charge in [0.25, 0.3) is 10.0 Å². The quantitative estimate of drug-likeness (QED) is 0.690. The molecule has 0 bridgehead atoms. The molecule has 2 rings (SSSR count). The van der Waals surface area contributed by atoms with Crippen LogP contribution in [0.3, 0.4) is 0 Å². The third-order valence-corrected chi connectivity index (χ3v) is 4.52. The zero-order valence-electron chi connectivity index (χ0n) is 10.5.